The average molecular weight is 276 g/mol. The highest BCUT2D eigenvalue weighted by atomic mass is 35.5. The molecule has 0 aliphatic carbocycles. The number of hydrogen-bond acceptors (Lipinski definition) is 3. The zero-order valence-electron chi connectivity index (χ0n) is 10.5. The summed E-state index contributed by atoms with van der Waals surface area (Å²) in [6.45, 7) is 2.39. The van der Waals surface area contributed by atoms with E-state index in [2.05, 4.69) is 10.3 Å². The fourth-order valence-corrected chi connectivity index (χ4v) is 1.96. The van der Waals surface area contributed by atoms with E-state index in [4.69, 9.17) is 17.3 Å². The fourth-order valence-electron chi connectivity index (χ4n) is 1.69. The van der Waals surface area contributed by atoms with Crippen molar-refractivity contribution in [3.63, 3.8) is 0 Å². The van der Waals surface area contributed by atoms with Crippen LogP contribution in [0.4, 0.5) is 5.69 Å². The number of aromatic nitrogens is 1. The molecule has 0 bridgehead atoms. The Hall–Kier alpha value is -2.07. The Labute approximate surface area is 116 Å². The maximum atomic E-state index is 12.0. The third-order valence-electron chi connectivity index (χ3n) is 2.81. The number of nitrogens with zero attached hydrogens (tertiary/aromatic N) is 1. The third-order valence-corrected chi connectivity index (χ3v) is 3.13. The van der Waals surface area contributed by atoms with Crippen LogP contribution in [0, 0.1) is 6.92 Å². The molecule has 0 atom stereocenters. The van der Waals surface area contributed by atoms with Gasteiger partial charge >= 0.3 is 0 Å². The molecule has 1 amide bonds. The average Bonchev–Trinajstić information content (AvgIpc) is 2.37. The second-order valence-corrected chi connectivity index (χ2v) is 4.63. The molecule has 1 heterocycles. The van der Waals surface area contributed by atoms with Crippen molar-refractivity contribution >= 4 is 23.2 Å². The van der Waals surface area contributed by atoms with Crippen LogP contribution in [-0.2, 0) is 6.54 Å². The van der Waals surface area contributed by atoms with E-state index in [-0.39, 0.29) is 5.91 Å². The monoisotopic (exact) mass is 275 g/mol. The number of carbonyl (C=O) groups excluding carboxylic acids is 1. The van der Waals surface area contributed by atoms with E-state index < -0.39 is 0 Å². The van der Waals surface area contributed by atoms with Crippen molar-refractivity contribution in [2.24, 2.45) is 0 Å². The predicted molar refractivity (Wildman–Crippen MR) is 76.0 cm³/mol. The molecule has 0 aliphatic heterocycles. The lowest BCUT2D eigenvalue weighted by Gasteiger charge is -2.09. The molecule has 1 aromatic carbocycles. The van der Waals surface area contributed by atoms with Crippen molar-refractivity contribution in [3.05, 3.63) is 58.4 Å². The molecule has 0 saturated heterocycles. The van der Waals surface area contributed by atoms with Gasteiger partial charge in [0.25, 0.3) is 5.91 Å². The minimum Gasteiger partial charge on any atom is -0.399 e. The molecule has 2 aromatic rings. The van der Waals surface area contributed by atoms with Gasteiger partial charge in [-0.2, -0.15) is 0 Å². The van der Waals surface area contributed by atoms with Gasteiger partial charge in [0.15, 0.2) is 0 Å². The maximum Gasteiger partial charge on any atom is 0.253 e. The quantitative estimate of drug-likeness (QED) is 0.846. The lowest BCUT2D eigenvalue weighted by Crippen LogP contribution is -2.23. The molecule has 4 nitrogen and oxygen atoms in total. The molecule has 19 heavy (non-hydrogen) atoms. The number of rotatable bonds is 3. The number of pyridine rings is 1. The van der Waals surface area contributed by atoms with Gasteiger partial charge in [-0.25, -0.2) is 0 Å². The molecule has 0 unspecified atom stereocenters. The fraction of sp³-hybridized carbons (Fsp3) is 0.143. The van der Waals surface area contributed by atoms with Crippen LogP contribution in [-0.4, -0.2) is 10.9 Å². The highest BCUT2D eigenvalue weighted by Crippen LogP contribution is 2.19. The van der Waals surface area contributed by atoms with Gasteiger partial charge in [0, 0.05) is 24.6 Å². The van der Waals surface area contributed by atoms with Crippen molar-refractivity contribution in [2.45, 2.75) is 13.5 Å². The summed E-state index contributed by atoms with van der Waals surface area (Å²) in [5.74, 6) is -0.221. The van der Waals surface area contributed by atoms with Gasteiger partial charge in [-0.3, -0.25) is 9.78 Å². The highest BCUT2D eigenvalue weighted by molar-refractivity contribution is 6.34. The summed E-state index contributed by atoms with van der Waals surface area (Å²) < 4.78 is 0. The number of nitrogens with two attached hydrogens (primary N) is 1. The van der Waals surface area contributed by atoms with E-state index in [9.17, 15) is 4.79 Å². The van der Waals surface area contributed by atoms with Crippen LogP contribution in [0.2, 0.25) is 5.02 Å². The van der Waals surface area contributed by atoms with Crippen LogP contribution < -0.4 is 11.1 Å². The maximum absolute atomic E-state index is 12.0. The molecule has 2 rings (SSSR count). The molecular formula is C14H14ClN3O. The minimum atomic E-state index is -0.221. The first-order valence-corrected chi connectivity index (χ1v) is 6.18. The van der Waals surface area contributed by atoms with Gasteiger partial charge in [-0.15, -0.1) is 0 Å². The number of anilines is 1. The lowest BCUT2D eigenvalue weighted by molar-refractivity contribution is 0.0951. The lowest BCUT2D eigenvalue weighted by atomic mass is 10.1. The molecule has 0 radical (unpaired) electrons. The molecule has 3 N–H and O–H groups in total. The first kappa shape index (κ1) is 13.4. The Morgan fingerprint density at radius 2 is 2.21 bits per heavy atom. The molecule has 0 saturated carbocycles. The second kappa shape index (κ2) is 5.71. The van der Waals surface area contributed by atoms with Crippen molar-refractivity contribution in [3.8, 4) is 0 Å². The summed E-state index contributed by atoms with van der Waals surface area (Å²) in [6, 6.07) is 6.71. The summed E-state index contributed by atoms with van der Waals surface area (Å²) in [7, 11) is 0. The van der Waals surface area contributed by atoms with E-state index in [1.807, 2.05) is 13.0 Å². The first-order chi connectivity index (χ1) is 9.08. The van der Waals surface area contributed by atoms with Crippen LogP contribution in [0.3, 0.4) is 0 Å². The zero-order chi connectivity index (χ0) is 13.8. The SMILES string of the molecule is Cc1cnccc1CNC(=O)c1ccc(N)cc1Cl. The first-order valence-electron chi connectivity index (χ1n) is 5.80. The number of nitrogen functional groups attached to an aromatic ring is 1. The van der Waals surface area contributed by atoms with E-state index in [0.29, 0.717) is 22.8 Å². The minimum absolute atomic E-state index is 0.221. The third kappa shape index (κ3) is 3.23. The molecular weight excluding hydrogens is 262 g/mol. The van der Waals surface area contributed by atoms with E-state index in [1.165, 1.54) is 0 Å². The van der Waals surface area contributed by atoms with Crippen LogP contribution >= 0.6 is 11.6 Å². The van der Waals surface area contributed by atoms with Gasteiger partial charge in [-0.05, 0) is 42.3 Å². The zero-order valence-corrected chi connectivity index (χ0v) is 11.2. The van der Waals surface area contributed by atoms with Crippen molar-refractivity contribution in [1.82, 2.24) is 10.3 Å². The summed E-state index contributed by atoms with van der Waals surface area (Å²) in [5.41, 5.74) is 8.60. The predicted octanol–water partition coefficient (Wildman–Crippen LogP) is 2.56. The molecule has 0 spiro atoms. The Kier molecular flexibility index (Phi) is 4.02. The van der Waals surface area contributed by atoms with Crippen LogP contribution in [0.25, 0.3) is 0 Å². The highest BCUT2D eigenvalue weighted by Gasteiger charge is 2.10. The molecule has 5 heteroatoms. The Bertz CT molecular complexity index is 613. The van der Waals surface area contributed by atoms with Gasteiger partial charge < -0.3 is 11.1 Å². The van der Waals surface area contributed by atoms with E-state index in [1.54, 1.807) is 30.6 Å². The summed E-state index contributed by atoms with van der Waals surface area (Å²) in [5, 5.41) is 3.18. The number of hydrogen-bond donors (Lipinski definition) is 2. The molecule has 0 aliphatic rings. The number of benzene rings is 1. The normalized spacial score (nSPS) is 10.2. The smallest absolute Gasteiger partial charge is 0.253 e. The molecule has 1 aromatic heterocycles. The summed E-state index contributed by atoms with van der Waals surface area (Å²) in [6.07, 6.45) is 3.46. The topological polar surface area (TPSA) is 68.0 Å². The number of amides is 1. The van der Waals surface area contributed by atoms with Crippen molar-refractivity contribution in [1.29, 1.82) is 0 Å². The Balaban J connectivity index is 2.08. The van der Waals surface area contributed by atoms with E-state index in [0.717, 1.165) is 11.1 Å². The van der Waals surface area contributed by atoms with Crippen LogP contribution in [0.15, 0.2) is 36.7 Å². The summed E-state index contributed by atoms with van der Waals surface area (Å²) in [4.78, 5) is 16.0. The van der Waals surface area contributed by atoms with Gasteiger partial charge in [0.1, 0.15) is 0 Å². The van der Waals surface area contributed by atoms with Crippen LogP contribution in [0.5, 0.6) is 0 Å². The second-order valence-electron chi connectivity index (χ2n) is 4.22. The number of halogens is 1. The molecule has 0 fully saturated rings. The number of aryl methyl sites for hydroxylation is 1. The van der Waals surface area contributed by atoms with E-state index >= 15 is 0 Å². The summed E-state index contributed by atoms with van der Waals surface area (Å²) >= 11 is 5.99. The Morgan fingerprint density at radius 1 is 1.42 bits per heavy atom. The van der Waals surface area contributed by atoms with Crippen molar-refractivity contribution < 1.29 is 4.79 Å². The van der Waals surface area contributed by atoms with Crippen LogP contribution in [0.1, 0.15) is 21.5 Å². The Morgan fingerprint density at radius 3 is 2.89 bits per heavy atom. The number of carbonyl (C=O) groups is 1. The largest absolute Gasteiger partial charge is 0.399 e. The molecule has 98 valence electrons. The van der Waals surface area contributed by atoms with Gasteiger partial charge in [-0.1, -0.05) is 11.6 Å². The van der Waals surface area contributed by atoms with Gasteiger partial charge in [0.2, 0.25) is 0 Å². The number of nitrogens with one attached hydrogen (secondary N) is 1. The standard InChI is InChI=1S/C14H14ClN3O/c1-9-7-17-5-4-10(9)8-18-14(19)12-3-2-11(16)6-13(12)15/h2-7H,8,16H2,1H3,(H,18,19). The van der Waals surface area contributed by atoms with Crippen molar-refractivity contribution in [2.75, 3.05) is 5.73 Å². The van der Waals surface area contributed by atoms with Gasteiger partial charge in [0.05, 0.1) is 10.6 Å².